The summed E-state index contributed by atoms with van der Waals surface area (Å²) in [5, 5.41) is 14.0. The molecular weight excluding hydrogens is 272 g/mol. The predicted octanol–water partition coefficient (Wildman–Crippen LogP) is 2.41. The molecule has 0 radical (unpaired) electrons. The van der Waals surface area contributed by atoms with Crippen molar-refractivity contribution in [3.63, 3.8) is 0 Å². The minimum Gasteiger partial charge on any atom is -0.396 e. The quantitative estimate of drug-likeness (QED) is 0.806. The van der Waals surface area contributed by atoms with Gasteiger partial charge in [0, 0.05) is 23.4 Å². The van der Waals surface area contributed by atoms with E-state index < -0.39 is 0 Å². The number of rotatable bonds is 4. The van der Waals surface area contributed by atoms with E-state index in [0.717, 1.165) is 41.7 Å². The van der Waals surface area contributed by atoms with Gasteiger partial charge >= 0.3 is 0 Å². The van der Waals surface area contributed by atoms with Gasteiger partial charge in [-0.15, -0.1) is 11.3 Å². The van der Waals surface area contributed by atoms with Crippen molar-refractivity contribution in [2.75, 3.05) is 17.7 Å². The second kappa shape index (κ2) is 5.54. The first-order valence-corrected chi connectivity index (χ1v) is 7.96. The van der Waals surface area contributed by atoms with E-state index in [4.69, 9.17) is 5.73 Å². The lowest BCUT2D eigenvalue weighted by atomic mass is 10.1. The third kappa shape index (κ3) is 2.45. The van der Waals surface area contributed by atoms with Gasteiger partial charge in [-0.3, -0.25) is 0 Å². The van der Waals surface area contributed by atoms with E-state index in [-0.39, 0.29) is 12.6 Å². The summed E-state index contributed by atoms with van der Waals surface area (Å²) in [6, 6.07) is 2.42. The van der Waals surface area contributed by atoms with E-state index in [2.05, 4.69) is 28.3 Å². The summed E-state index contributed by atoms with van der Waals surface area (Å²) in [4.78, 5) is 10.9. The number of anilines is 2. The zero-order chi connectivity index (χ0) is 14.1. The fraction of sp³-hybridized carbons (Fsp3) is 0.571. The van der Waals surface area contributed by atoms with Crippen LogP contribution in [0.25, 0.3) is 10.2 Å². The fourth-order valence-corrected chi connectivity index (χ4v) is 3.87. The highest BCUT2D eigenvalue weighted by Crippen LogP contribution is 2.33. The molecule has 5 nitrogen and oxygen atoms in total. The molecule has 1 aliphatic rings. The SMILES string of the molecule is CCc1cc2c(NC3CCCC3CO)nc(N)nc2s1. The van der Waals surface area contributed by atoms with Crippen LogP contribution in [0.4, 0.5) is 11.8 Å². The Morgan fingerprint density at radius 2 is 2.30 bits per heavy atom. The first-order chi connectivity index (χ1) is 9.71. The second-order valence-electron chi connectivity index (χ2n) is 5.34. The smallest absolute Gasteiger partial charge is 0.223 e. The Hall–Kier alpha value is -1.40. The van der Waals surface area contributed by atoms with Gasteiger partial charge in [0.1, 0.15) is 10.6 Å². The van der Waals surface area contributed by atoms with Crippen LogP contribution >= 0.6 is 11.3 Å². The van der Waals surface area contributed by atoms with Gasteiger partial charge < -0.3 is 16.2 Å². The molecule has 0 aliphatic heterocycles. The maximum atomic E-state index is 9.43. The average molecular weight is 292 g/mol. The average Bonchev–Trinajstić information content (AvgIpc) is 3.04. The molecule has 6 heteroatoms. The number of fused-ring (bicyclic) bond motifs is 1. The fourth-order valence-electron chi connectivity index (χ4n) is 2.89. The number of nitrogens with two attached hydrogens (primary N) is 1. The Labute approximate surface area is 122 Å². The van der Waals surface area contributed by atoms with Crippen molar-refractivity contribution in [2.45, 2.75) is 38.6 Å². The number of aliphatic hydroxyl groups excluding tert-OH is 1. The molecule has 1 saturated carbocycles. The number of aliphatic hydroxyl groups is 1. The molecular formula is C14H20N4OS. The molecule has 108 valence electrons. The topological polar surface area (TPSA) is 84.1 Å². The van der Waals surface area contributed by atoms with E-state index in [1.807, 2.05) is 0 Å². The maximum absolute atomic E-state index is 9.43. The number of aryl methyl sites for hydroxylation is 1. The first kappa shape index (κ1) is 13.6. The van der Waals surface area contributed by atoms with Crippen LogP contribution < -0.4 is 11.1 Å². The van der Waals surface area contributed by atoms with Crippen LogP contribution in [0.2, 0.25) is 0 Å². The van der Waals surface area contributed by atoms with Gasteiger partial charge in [0.05, 0.1) is 5.39 Å². The Balaban J connectivity index is 1.95. The molecule has 0 amide bonds. The summed E-state index contributed by atoms with van der Waals surface area (Å²) in [5.41, 5.74) is 5.81. The van der Waals surface area contributed by atoms with E-state index >= 15 is 0 Å². The predicted molar refractivity (Wildman–Crippen MR) is 83.0 cm³/mol. The Bertz CT molecular complexity index is 612. The molecule has 2 heterocycles. The van der Waals surface area contributed by atoms with Crippen molar-refractivity contribution >= 4 is 33.3 Å². The molecule has 1 aliphatic carbocycles. The third-order valence-electron chi connectivity index (χ3n) is 4.03. The molecule has 0 aromatic carbocycles. The van der Waals surface area contributed by atoms with Gasteiger partial charge in [-0.2, -0.15) is 4.98 Å². The number of aromatic nitrogens is 2. The summed E-state index contributed by atoms with van der Waals surface area (Å²) in [7, 11) is 0. The van der Waals surface area contributed by atoms with Crippen molar-refractivity contribution < 1.29 is 5.11 Å². The zero-order valence-electron chi connectivity index (χ0n) is 11.6. The first-order valence-electron chi connectivity index (χ1n) is 7.14. The highest BCUT2D eigenvalue weighted by atomic mass is 32.1. The van der Waals surface area contributed by atoms with E-state index in [1.165, 1.54) is 4.88 Å². The number of hydrogen-bond donors (Lipinski definition) is 3. The monoisotopic (exact) mass is 292 g/mol. The molecule has 2 aromatic heterocycles. The Kier molecular flexibility index (Phi) is 3.76. The van der Waals surface area contributed by atoms with Crippen LogP contribution in [0, 0.1) is 5.92 Å². The van der Waals surface area contributed by atoms with Crippen LogP contribution in [-0.2, 0) is 6.42 Å². The largest absolute Gasteiger partial charge is 0.396 e. The number of nitrogens with one attached hydrogen (secondary N) is 1. The number of nitrogen functional groups attached to an aromatic ring is 1. The van der Waals surface area contributed by atoms with Gasteiger partial charge in [0.2, 0.25) is 5.95 Å². The van der Waals surface area contributed by atoms with Crippen LogP contribution in [0.15, 0.2) is 6.07 Å². The van der Waals surface area contributed by atoms with Crippen LogP contribution in [-0.4, -0.2) is 27.7 Å². The van der Waals surface area contributed by atoms with Gasteiger partial charge in [0.25, 0.3) is 0 Å². The summed E-state index contributed by atoms with van der Waals surface area (Å²) in [6.07, 6.45) is 4.28. The highest BCUT2D eigenvalue weighted by Gasteiger charge is 2.27. The number of thiophene rings is 1. The lowest BCUT2D eigenvalue weighted by molar-refractivity contribution is 0.222. The van der Waals surface area contributed by atoms with E-state index in [9.17, 15) is 5.11 Å². The van der Waals surface area contributed by atoms with Gasteiger partial charge in [-0.25, -0.2) is 4.98 Å². The van der Waals surface area contributed by atoms with E-state index in [1.54, 1.807) is 11.3 Å². The molecule has 2 unspecified atom stereocenters. The Morgan fingerprint density at radius 1 is 1.45 bits per heavy atom. The van der Waals surface area contributed by atoms with Crippen molar-refractivity contribution in [3.8, 4) is 0 Å². The lowest BCUT2D eigenvalue weighted by Crippen LogP contribution is -2.27. The number of nitrogens with zero attached hydrogens (tertiary/aromatic N) is 2. The highest BCUT2D eigenvalue weighted by molar-refractivity contribution is 7.18. The molecule has 2 atom stereocenters. The molecule has 2 aromatic rings. The van der Waals surface area contributed by atoms with Gasteiger partial charge in [0.15, 0.2) is 0 Å². The normalized spacial score (nSPS) is 22.5. The minimum absolute atomic E-state index is 0.227. The van der Waals surface area contributed by atoms with Gasteiger partial charge in [-0.1, -0.05) is 13.3 Å². The van der Waals surface area contributed by atoms with Crippen molar-refractivity contribution in [2.24, 2.45) is 5.92 Å². The summed E-state index contributed by atoms with van der Waals surface area (Å²) in [6.45, 7) is 2.36. The summed E-state index contributed by atoms with van der Waals surface area (Å²) in [5.74, 6) is 1.43. The van der Waals surface area contributed by atoms with E-state index in [0.29, 0.717) is 11.9 Å². The lowest BCUT2D eigenvalue weighted by Gasteiger charge is -2.20. The molecule has 0 saturated heterocycles. The third-order valence-corrected chi connectivity index (χ3v) is 5.20. The maximum Gasteiger partial charge on any atom is 0.223 e. The van der Waals surface area contributed by atoms with Gasteiger partial charge in [-0.05, 0) is 25.3 Å². The molecule has 3 rings (SSSR count). The van der Waals surface area contributed by atoms with Crippen LogP contribution in [0.3, 0.4) is 0 Å². The summed E-state index contributed by atoms with van der Waals surface area (Å²) >= 11 is 1.67. The van der Waals surface area contributed by atoms with Crippen LogP contribution in [0.1, 0.15) is 31.1 Å². The van der Waals surface area contributed by atoms with Crippen molar-refractivity contribution in [1.29, 1.82) is 0 Å². The zero-order valence-corrected chi connectivity index (χ0v) is 12.4. The minimum atomic E-state index is 0.227. The molecule has 1 fully saturated rings. The molecule has 4 N–H and O–H groups in total. The molecule has 0 spiro atoms. The molecule has 20 heavy (non-hydrogen) atoms. The van der Waals surface area contributed by atoms with Crippen molar-refractivity contribution in [3.05, 3.63) is 10.9 Å². The van der Waals surface area contributed by atoms with Crippen LogP contribution in [0.5, 0.6) is 0 Å². The molecule has 0 bridgehead atoms. The Morgan fingerprint density at radius 3 is 3.05 bits per heavy atom. The van der Waals surface area contributed by atoms with Crippen molar-refractivity contribution in [1.82, 2.24) is 9.97 Å². The number of hydrogen-bond acceptors (Lipinski definition) is 6. The second-order valence-corrected chi connectivity index (χ2v) is 6.46. The summed E-state index contributed by atoms with van der Waals surface area (Å²) < 4.78 is 0. The standard InChI is InChI=1S/C14H20N4OS/c1-2-9-6-10-12(17-14(15)18-13(10)20-9)16-11-5-3-4-8(11)7-19/h6,8,11,19H,2-5,7H2,1H3,(H3,15,16,17,18).